The molecule has 0 aromatic carbocycles. The highest BCUT2D eigenvalue weighted by atomic mass is 79.9. The third-order valence-corrected chi connectivity index (χ3v) is 3.62. The predicted octanol–water partition coefficient (Wildman–Crippen LogP) is 3.65. The maximum atomic E-state index is 4.99. The Kier molecular flexibility index (Phi) is 3.84. The smallest absolute Gasteiger partial charge is 0.137 e. The molecule has 2 unspecified atom stereocenters. The number of aromatic nitrogens is 1. The second kappa shape index (κ2) is 5.36. The molecular formula is C13H15BrN2. The van der Waals surface area contributed by atoms with Gasteiger partial charge in [-0.2, -0.15) is 0 Å². The molecule has 1 aromatic rings. The minimum atomic E-state index is 0.686. The van der Waals surface area contributed by atoms with Gasteiger partial charge < -0.3 is 0 Å². The number of anilines is 1. The van der Waals surface area contributed by atoms with Crippen LogP contribution in [-0.2, 0) is 0 Å². The SMILES string of the molecule is C#CNc1ccc(Br)cn1.C1CC2CC2C1. The zero-order valence-corrected chi connectivity index (χ0v) is 10.7. The first-order valence-corrected chi connectivity index (χ1v) is 6.42. The highest BCUT2D eigenvalue weighted by Gasteiger charge is 2.40. The largest absolute Gasteiger partial charge is 0.300 e. The number of halogens is 1. The molecule has 3 rings (SSSR count). The van der Waals surface area contributed by atoms with Crippen molar-refractivity contribution < 1.29 is 0 Å². The minimum absolute atomic E-state index is 0.686. The van der Waals surface area contributed by atoms with Crippen molar-refractivity contribution in [3.63, 3.8) is 0 Å². The summed E-state index contributed by atoms with van der Waals surface area (Å²) in [5.41, 5.74) is 0. The van der Waals surface area contributed by atoms with Gasteiger partial charge in [-0.3, -0.25) is 5.32 Å². The van der Waals surface area contributed by atoms with Gasteiger partial charge in [0.25, 0.3) is 0 Å². The average Bonchev–Trinajstić information content (AvgIpc) is 2.90. The van der Waals surface area contributed by atoms with Gasteiger partial charge in [0.15, 0.2) is 0 Å². The normalized spacial score (nSPS) is 24.8. The Morgan fingerprint density at radius 3 is 2.50 bits per heavy atom. The summed E-state index contributed by atoms with van der Waals surface area (Å²) in [6.45, 7) is 0. The molecule has 2 atom stereocenters. The maximum Gasteiger partial charge on any atom is 0.137 e. The molecule has 16 heavy (non-hydrogen) atoms. The number of pyridine rings is 1. The van der Waals surface area contributed by atoms with Crippen molar-refractivity contribution in [3.8, 4) is 12.5 Å². The number of hydrogen-bond acceptors (Lipinski definition) is 2. The summed E-state index contributed by atoms with van der Waals surface area (Å²) in [7, 11) is 0. The summed E-state index contributed by atoms with van der Waals surface area (Å²) in [6, 6.07) is 5.94. The molecule has 0 spiro atoms. The quantitative estimate of drug-likeness (QED) is 0.627. The summed E-state index contributed by atoms with van der Waals surface area (Å²) >= 11 is 3.25. The lowest BCUT2D eigenvalue weighted by Crippen LogP contribution is -1.89. The Balaban J connectivity index is 0.000000134. The lowest BCUT2D eigenvalue weighted by molar-refractivity contribution is 0.735. The Bertz CT molecular complexity index is 372. The van der Waals surface area contributed by atoms with Crippen LogP contribution in [0.5, 0.6) is 0 Å². The van der Waals surface area contributed by atoms with Gasteiger partial charge in [-0.15, -0.1) is 0 Å². The van der Waals surface area contributed by atoms with Gasteiger partial charge in [-0.05, 0) is 46.3 Å². The van der Waals surface area contributed by atoms with E-state index in [4.69, 9.17) is 6.42 Å². The molecule has 84 valence electrons. The Morgan fingerprint density at radius 2 is 2.12 bits per heavy atom. The molecule has 0 bridgehead atoms. The van der Waals surface area contributed by atoms with Crippen molar-refractivity contribution in [1.82, 2.24) is 4.98 Å². The topological polar surface area (TPSA) is 24.9 Å². The monoisotopic (exact) mass is 278 g/mol. The van der Waals surface area contributed by atoms with Crippen LogP contribution in [-0.4, -0.2) is 4.98 Å². The molecule has 2 nitrogen and oxygen atoms in total. The fourth-order valence-corrected chi connectivity index (χ4v) is 2.42. The van der Waals surface area contributed by atoms with Crippen LogP contribution in [0.1, 0.15) is 25.7 Å². The van der Waals surface area contributed by atoms with E-state index >= 15 is 0 Å². The van der Waals surface area contributed by atoms with E-state index in [2.05, 4.69) is 32.3 Å². The Morgan fingerprint density at radius 1 is 1.38 bits per heavy atom. The van der Waals surface area contributed by atoms with Gasteiger partial charge in [0.05, 0.1) is 0 Å². The molecule has 0 aliphatic heterocycles. The molecule has 1 aromatic heterocycles. The highest BCUT2D eigenvalue weighted by molar-refractivity contribution is 9.10. The number of terminal acetylenes is 1. The fraction of sp³-hybridized carbons (Fsp3) is 0.462. The van der Waals surface area contributed by atoms with Gasteiger partial charge in [-0.1, -0.05) is 25.7 Å². The van der Waals surface area contributed by atoms with Crippen LogP contribution in [0.4, 0.5) is 5.82 Å². The van der Waals surface area contributed by atoms with Gasteiger partial charge in [0.1, 0.15) is 5.82 Å². The van der Waals surface area contributed by atoms with E-state index in [1.807, 2.05) is 6.07 Å². The summed E-state index contributed by atoms with van der Waals surface area (Å²) in [5, 5.41) is 2.63. The molecule has 3 heteroatoms. The first kappa shape index (κ1) is 11.5. The van der Waals surface area contributed by atoms with Gasteiger partial charge in [-0.25, -0.2) is 4.98 Å². The highest BCUT2D eigenvalue weighted by Crippen LogP contribution is 2.51. The van der Waals surface area contributed by atoms with Crippen molar-refractivity contribution in [3.05, 3.63) is 22.8 Å². The summed E-state index contributed by atoms with van der Waals surface area (Å²) in [5.74, 6) is 3.11. The van der Waals surface area contributed by atoms with Crippen LogP contribution in [0.3, 0.4) is 0 Å². The third kappa shape index (κ3) is 3.24. The van der Waals surface area contributed by atoms with Crippen LogP contribution >= 0.6 is 15.9 Å². The van der Waals surface area contributed by atoms with E-state index in [1.54, 1.807) is 31.5 Å². The summed E-state index contributed by atoms with van der Waals surface area (Å²) in [6.07, 6.45) is 12.9. The van der Waals surface area contributed by atoms with Crippen LogP contribution in [0.15, 0.2) is 22.8 Å². The van der Waals surface area contributed by atoms with Crippen molar-refractivity contribution in [2.75, 3.05) is 5.32 Å². The first-order chi connectivity index (χ1) is 7.79. The first-order valence-electron chi connectivity index (χ1n) is 5.63. The van der Waals surface area contributed by atoms with E-state index in [9.17, 15) is 0 Å². The number of nitrogens with one attached hydrogen (secondary N) is 1. The summed E-state index contributed by atoms with van der Waals surface area (Å²) in [4.78, 5) is 3.97. The van der Waals surface area contributed by atoms with Crippen LogP contribution < -0.4 is 5.32 Å². The molecule has 0 radical (unpaired) electrons. The average molecular weight is 279 g/mol. The predicted molar refractivity (Wildman–Crippen MR) is 69.8 cm³/mol. The Hall–Kier alpha value is -1.01. The molecule has 0 saturated heterocycles. The van der Waals surface area contributed by atoms with Crippen LogP contribution in [0.2, 0.25) is 0 Å². The number of hydrogen-bond donors (Lipinski definition) is 1. The lowest BCUT2D eigenvalue weighted by atomic mass is 10.3. The van der Waals surface area contributed by atoms with Crippen LogP contribution in [0, 0.1) is 24.3 Å². The van der Waals surface area contributed by atoms with Gasteiger partial charge in [0.2, 0.25) is 0 Å². The van der Waals surface area contributed by atoms with E-state index in [-0.39, 0.29) is 0 Å². The number of rotatable bonds is 1. The second-order valence-electron chi connectivity index (χ2n) is 4.32. The van der Waals surface area contributed by atoms with Crippen molar-refractivity contribution >= 4 is 21.7 Å². The van der Waals surface area contributed by atoms with Crippen molar-refractivity contribution in [2.45, 2.75) is 25.7 Å². The van der Waals surface area contributed by atoms with Crippen LogP contribution in [0.25, 0.3) is 0 Å². The van der Waals surface area contributed by atoms with Crippen molar-refractivity contribution in [2.24, 2.45) is 11.8 Å². The van der Waals surface area contributed by atoms with E-state index in [1.165, 1.54) is 18.3 Å². The van der Waals surface area contributed by atoms with Gasteiger partial charge >= 0.3 is 0 Å². The molecule has 2 aliphatic rings. The lowest BCUT2D eigenvalue weighted by Gasteiger charge is -1.94. The molecular weight excluding hydrogens is 264 g/mol. The van der Waals surface area contributed by atoms with E-state index < -0.39 is 0 Å². The standard InChI is InChI=1S/C7H5BrN2.C6H10/c1-2-9-7-4-3-6(8)5-10-7;1-2-5-4-6(5)3-1/h1,3-5H,(H,9,10);5-6H,1-4H2. The van der Waals surface area contributed by atoms with Crippen molar-refractivity contribution in [1.29, 1.82) is 0 Å². The molecule has 2 saturated carbocycles. The minimum Gasteiger partial charge on any atom is -0.300 e. The molecule has 1 heterocycles. The van der Waals surface area contributed by atoms with Gasteiger partial charge in [0, 0.05) is 16.7 Å². The number of nitrogens with zero attached hydrogens (tertiary/aromatic N) is 1. The molecule has 2 fully saturated rings. The van der Waals surface area contributed by atoms with E-state index in [0.717, 1.165) is 4.47 Å². The zero-order valence-electron chi connectivity index (χ0n) is 9.12. The molecule has 1 N–H and O–H groups in total. The second-order valence-corrected chi connectivity index (χ2v) is 5.23. The van der Waals surface area contributed by atoms with E-state index in [0.29, 0.717) is 5.82 Å². The maximum absolute atomic E-state index is 4.99. The Labute approximate surface area is 105 Å². The number of fused-ring (bicyclic) bond motifs is 1. The zero-order chi connectivity index (χ0) is 11.4. The molecule has 0 amide bonds. The summed E-state index contributed by atoms with van der Waals surface area (Å²) < 4.78 is 0.940. The third-order valence-electron chi connectivity index (χ3n) is 3.15. The fourth-order valence-electron chi connectivity index (χ4n) is 2.18. The molecule has 2 aliphatic carbocycles.